The second kappa shape index (κ2) is 7.18. The Morgan fingerprint density at radius 1 is 0.857 bits per heavy atom. The number of hydrogen-bond acceptors (Lipinski definition) is 4. The summed E-state index contributed by atoms with van der Waals surface area (Å²) in [5.41, 5.74) is 0. The van der Waals surface area contributed by atoms with E-state index in [1.807, 2.05) is 0 Å². The maximum absolute atomic E-state index is 8.62. The monoisotopic (exact) mass is 360 g/mol. The third kappa shape index (κ3) is 48.1. The van der Waals surface area contributed by atoms with Crippen LogP contribution in [0.1, 0.15) is 0 Å². The Morgan fingerprint density at radius 3 is 0.857 bits per heavy atom. The normalized spacial score (nSPS) is 8.57. The zero-order valence-electron chi connectivity index (χ0n) is 3.58. The molecule has 0 heterocycles. The number of rotatable bonds is 0. The van der Waals surface area contributed by atoms with Gasteiger partial charge in [0, 0.05) is 0 Å². The summed E-state index contributed by atoms with van der Waals surface area (Å²) in [6.45, 7) is 0. The molecule has 0 aliphatic carbocycles. The molecule has 4 nitrogen and oxygen atoms in total. The van der Waals surface area contributed by atoms with Crippen molar-refractivity contribution in [3.8, 4) is 0 Å². The first kappa shape index (κ1) is 16.6. The van der Waals surface area contributed by atoms with Gasteiger partial charge in [-0.1, -0.05) is 0 Å². The predicted octanol–water partition coefficient (Wildman–Crippen LogP) is -8.14. The third-order valence-electron chi connectivity index (χ3n) is 0. The Morgan fingerprint density at radius 2 is 0.857 bits per heavy atom. The summed E-state index contributed by atoms with van der Waals surface area (Å²) >= 11 is -6.00. The van der Waals surface area contributed by atoms with Gasteiger partial charge in [0.15, 0.2) is 0 Å². The van der Waals surface area contributed by atoms with Gasteiger partial charge < -0.3 is 0 Å². The summed E-state index contributed by atoms with van der Waals surface area (Å²) in [6, 6.07) is 0. The van der Waals surface area contributed by atoms with Crippen molar-refractivity contribution in [1.82, 2.24) is 0 Å². The standard InChI is InChI=1S/Bi.K.4O.Ti/q+3;+1;4*-1;. The Hall–Kier alpha value is 3.07. The van der Waals surface area contributed by atoms with Gasteiger partial charge in [0.2, 0.25) is 0 Å². The molecule has 0 unspecified atom stereocenters. The average molecular weight is 360 g/mol. The van der Waals surface area contributed by atoms with Crippen LogP contribution < -0.4 is 66.1 Å². The Balaban J connectivity index is -0.0000000800. The summed E-state index contributed by atoms with van der Waals surface area (Å²) in [7, 11) is 0. The van der Waals surface area contributed by atoms with Gasteiger partial charge in [-0.3, -0.25) is 0 Å². The molecule has 0 aromatic carbocycles. The minimum absolute atomic E-state index is 0. The third-order valence-corrected chi connectivity index (χ3v) is 0. The molecular weight excluding hydrogens is 360 g/mol. The van der Waals surface area contributed by atoms with Crippen LogP contribution in [0.15, 0.2) is 0 Å². The van der Waals surface area contributed by atoms with E-state index in [0.717, 1.165) is 0 Å². The van der Waals surface area contributed by atoms with E-state index in [1.165, 1.54) is 0 Å². The van der Waals surface area contributed by atoms with E-state index < -0.39 is 18.1 Å². The van der Waals surface area contributed by atoms with Crippen molar-refractivity contribution in [2.75, 3.05) is 0 Å². The average Bonchev–Trinajstić information content (AvgIpc) is 0.722. The zero-order chi connectivity index (χ0) is 4.50. The van der Waals surface area contributed by atoms with E-state index in [4.69, 9.17) is 14.8 Å². The van der Waals surface area contributed by atoms with Crippen LogP contribution in [-0.4, -0.2) is 26.2 Å². The number of hydrogen-bond donors (Lipinski definition) is 0. The molecule has 34 valence electrons. The molecule has 0 bridgehead atoms. The van der Waals surface area contributed by atoms with E-state index in [-0.39, 0.29) is 77.6 Å². The quantitative estimate of drug-likeness (QED) is 0.402. The molecule has 0 rings (SSSR count). The molecule has 2 radical (unpaired) electrons. The maximum atomic E-state index is 8.62. The van der Waals surface area contributed by atoms with E-state index in [9.17, 15) is 0 Å². The summed E-state index contributed by atoms with van der Waals surface area (Å²) in [5.74, 6) is 0. The van der Waals surface area contributed by atoms with Gasteiger partial charge in [-0.15, -0.1) is 0 Å². The molecule has 0 aliphatic rings. The molecule has 0 aromatic rings. The second-order valence-electron chi connectivity index (χ2n) is 0.500. The predicted molar refractivity (Wildman–Crippen MR) is 5.75 cm³/mol. The first-order chi connectivity index (χ1) is 2.00. The molecular formula is BiKO4Ti. The molecule has 0 saturated carbocycles. The minimum atomic E-state index is -6.00. The van der Waals surface area contributed by atoms with Gasteiger partial charge in [0.05, 0.1) is 0 Å². The van der Waals surface area contributed by atoms with Gasteiger partial charge in [0.25, 0.3) is 0 Å². The van der Waals surface area contributed by atoms with Crippen LogP contribution in [0.3, 0.4) is 0 Å². The molecule has 0 fully saturated rings. The van der Waals surface area contributed by atoms with Gasteiger partial charge in [-0.05, 0) is 0 Å². The van der Waals surface area contributed by atoms with Crippen molar-refractivity contribution in [2.45, 2.75) is 0 Å². The summed E-state index contributed by atoms with van der Waals surface area (Å²) < 4.78 is 34.5. The Bertz CT molecular complexity index is 27.2. The first-order valence-corrected chi connectivity index (χ1v) is 3.37. The molecule has 7 heavy (non-hydrogen) atoms. The fraction of sp³-hybridized carbons (Fsp3) is 0. The van der Waals surface area contributed by atoms with Crippen molar-refractivity contribution >= 4 is 26.2 Å². The second-order valence-corrected chi connectivity index (χ2v) is 2.06. The van der Waals surface area contributed by atoms with Gasteiger partial charge in [-0.2, -0.15) is 0 Å². The van der Waals surface area contributed by atoms with Crippen molar-refractivity contribution in [3.05, 3.63) is 0 Å². The SMILES string of the molecule is [Bi+3].[K+].[O-][Ti]([O-])([O-])[O-]. The van der Waals surface area contributed by atoms with Crippen LogP contribution in [0.2, 0.25) is 0 Å². The van der Waals surface area contributed by atoms with Crippen LogP contribution in [0.4, 0.5) is 0 Å². The van der Waals surface area contributed by atoms with E-state index >= 15 is 0 Å². The van der Waals surface area contributed by atoms with Crippen LogP contribution in [0, 0.1) is 0 Å². The molecule has 0 N–H and O–H groups in total. The fourth-order valence-electron chi connectivity index (χ4n) is 0. The van der Waals surface area contributed by atoms with Crippen LogP contribution in [0.25, 0.3) is 0 Å². The Kier molecular flexibility index (Phi) is 17.0. The van der Waals surface area contributed by atoms with E-state index in [0.29, 0.717) is 0 Å². The molecule has 0 aliphatic heterocycles. The van der Waals surface area contributed by atoms with Crippen molar-refractivity contribution in [3.63, 3.8) is 0 Å². The van der Waals surface area contributed by atoms with Crippen LogP contribution in [-0.2, 0) is 18.1 Å². The molecule has 7 heteroatoms. The summed E-state index contributed by atoms with van der Waals surface area (Å²) in [5, 5.41) is 0. The summed E-state index contributed by atoms with van der Waals surface area (Å²) in [4.78, 5) is 0. The molecule has 0 atom stereocenters. The van der Waals surface area contributed by atoms with Gasteiger partial charge in [0.1, 0.15) is 0 Å². The molecule has 0 amide bonds. The Labute approximate surface area is 108 Å². The molecule has 0 aromatic heterocycles. The van der Waals surface area contributed by atoms with Crippen molar-refractivity contribution in [1.29, 1.82) is 0 Å². The topological polar surface area (TPSA) is 92.2 Å². The summed E-state index contributed by atoms with van der Waals surface area (Å²) in [6.07, 6.45) is 0. The molecule has 0 spiro atoms. The van der Waals surface area contributed by atoms with Gasteiger partial charge in [-0.25, -0.2) is 0 Å². The van der Waals surface area contributed by atoms with Crippen molar-refractivity contribution < 1.29 is 84.3 Å². The zero-order valence-corrected chi connectivity index (χ0v) is 11.7. The van der Waals surface area contributed by atoms with E-state index in [1.54, 1.807) is 0 Å². The van der Waals surface area contributed by atoms with E-state index in [2.05, 4.69) is 0 Å². The first-order valence-electron chi connectivity index (χ1n) is 0.816. The molecule has 0 saturated heterocycles. The fourth-order valence-corrected chi connectivity index (χ4v) is 0. The van der Waals surface area contributed by atoms with Crippen LogP contribution >= 0.6 is 0 Å². The van der Waals surface area contributed by atoms with Crippen LogP contribution in [0.5, 0.6) is 0 Å². The van der Waals surface area contributed by atoms with Gasteiger partial charge >= 0.3 is 110 Å². The van der Waals surface area contributed by atoms with Crippen molar-refractivity contribution in [2.24, 2.45) is 0 Å².